The van der Waals surface area contributed by atoms with Crippen LogP contribution in [0.15, 0.2) is 30.3 Å². The van der Waals surface area contributed by atoms with E-state index in [0.717, 1.165) is 6.07 Å². The quantitative estimate of drug-likeness (QED) is 0.872. The summed E-state index contributed by atoms with van der Waals surface area (Å²) in [7, 11) is 1.47. The van der Waals surface area contributed by atoms with Crippen LogP contribution in [0.1, 0.15) is 11.4 Å². The summed E-state index contributed by atoms with van der Waals surface area (Å²) in [4.78, 5) is 6.81. The predicted octanol–water partition coefficient (Wildman–Crippen LogP) is 3.97. The molecule has 0 saturated heterocycles. The Bertz CT molecular complexity index is 667. The van der Waals surface area contributed by atoms with Gasteiger partial charge in [-0.15, -0.1) is 0 Å². The van der Waals surface area contributed by atoms with E-state index in [1.165, 1.54) is 31.4 Å². The average molecular weight is 300 g/mol. The van der Waals surface area contributed by atoms with Crippen LogP contribution < -0.4 is 0 Å². The second-order valence-corrected chi connectivity index (χ2v) is 4.47. The van der Waals surface area contributed by atoms with Crippen molar-refractivity contribution in [3.05, 3.63) is 46.4 Å². The first-order valence-corrected chi connectivity index (χ1v) is 6.08. The normalized spacial score (nSPS) is 11.6. The number of nitrogens with one attached hydrogen (secondary N) is 1. The molecule has 0 amide bonds. The maximum atomic E-state index is 13.0. The Hall–Kier alpha value is -1.73. The van der Waals surface area contributed by atoms with Gasteiger partial charge in [-0.25, -0.2) is 4.98 Å². The fourth-order valence-electron chi connectivity index (χ4n) is 1.82. The highest BCUT2D eigenvalue weighted by Crippen LogP contribution is 2.36. The molecule has 1 N–H and O–H groups in total. The average Bonchev–Trinajstić information content (AvgIpc) is 2.37. The molecule has 1 heterocycles. The SMILES string of the molecule is COCc1nc(=S)cc(-c2ccccc2C(F)(F)F)[nH]1. The maximum Gasteiger partial charge on any atom is 0.417 e. The van der Waals surface area contributed by atoms with Crippen LogP contribution in [0.3, 0.4) is 0 Å². The van der Waals surface area contributed by atoms with Crippen molar-refractivity contribution in [1.82, 2.24) is 9.97 Å². The first-order chi connectivity index (χ1) is 9.41. The molecule has 106 valence electrons. The Morgan fingerprint density at radius 1 is 1.30 bits per heavy atom. The van der Waals surface area contributed by atoms with Gasteiger partial charge in [0.05, 0.1) is 11.3 Å². The van der Waals surface area contributed by atoms with Gasteiger partial charge in [0.1, 0.15) is 17.1 Å². The molecule has 2 rings (SSSR count). The molecule has 7 heteroatoms. The minimum Gasteiger partial charge on any atom is -0.377 e. The lowest BCUT2D eigenvalue weighted by molar-refractivity contribution is -0.137. The monoisotopic (exact) mass is 300 g/mol. The van der Waals surface area contributed by atoms with E-state index in [-0.39, 0.29) is 22.5 Å². The van der Waals surface area contributed by atoms with Crippen LogP contribution >= 0.6 is 12.2 Å². The number of nitrogens with zero attached hydrogens (tertiary/aromatic N) is 1. The van der Waals surface area contributed by atoms with Crippen molar-refractivity contribution in [3.8, 4) is 11.3 Å². The second kappa shape index (κ2) is 5.72. The lowest BCUT2D eigenvalue weighted by atomic mass is 10.0. The van der Waals surface area contributed by atoms with Gasteiger partial charge in [-0.05, 0) is 12.1 Å². The summed E-state index contributed by atoms with van der Waals surface area (Å²) in [6.45, 7) is 0.145. The van der Waals surface area contributed by atoms with Gasteiger partial charge in [0, 0.05) is 12.7 Å². The fraction of sp³-hybridized carbons (Fsp3) is 0.231. The highest BCUT2D eigenvalue weighted by atomic mass is 32.1. The number of halogens is 3. The molecule has 0 fully saturated rings. The molecule has 0 aliphatic heterocycles. The summed E-state index contributed by atoms with van der Waals surface area (Å²) in [5, 5.41) is 0. The van der Waals surface area contributed by atoms with Gasteiger partial charge in [0.15, 0.2) is 0 Å². The molecule has 20 heavy (non-hydrogen) atoms. The molecule has 0 aliphatic carbocycles. The van der Waals surface area contributed by atoms with Crippen LogP contribution in [0.2, 0.25) is 0 Å². The molecule has 1 aromatic carbocycles. The van der Waals surface area contributed by atoms with Crippen molar-refractivity contribution < 1.29 is 17.9 Å². The van der Waals surface area contributed by atoms with Crippen LogP contribution in [0, 0.1) is 4.64 Å². The molecule has 0 saturated carbocycles. The zero-order valence-corrected chi connectivity index (χ0v) is 11.3. The number of hydrogen-bond donors (Lipinski definition) is 1. The zero-order valence-electron chi connectivity index (χ0n) is 10.5. The van der Waals surface area contributed by atoms with Crippen LogP contribution in [0.4, 0.5) is 13.2 Å². The third-order valence-corrected chi connectivity index (χ3v) is 2.80. The van der Waals surface area contributed by atoms with Gasteiger partial charge in [-0.3, -0.25) is 0 Å². The molecule has 0 radical (unpaired) electrons. The third-order valence-electron chi connectivity index (χ3n) is 2.60. The maximum absolute atomic E-state index is 13.0. The number of benzene rings is 1. The fourth-order valence-corrected chi connectivity index (χ4v) is 2.05. The second-order valence-electron chi connectivity index (χ2n) is 4.06. The predicted molar refractivity (Wildman–Crippen MR) is 70.6 cm³/mol. The van der Waals surface area contributed by atoms with Crippen LogP contribution in [-0.2, 0) is 17.5 Å². The van der Waals surface area contributed by atoms with E-state index in [0.29, 0.717) is 5.82 Å². The van der Waals surface area contributed by atoms with Crippen LogP contribution in [0.5, 0.6) is 0 Å². The summed E-state index contributed by atoms with van der Waals surface area (Å²) >= 11 is 4.97. The zero-order chi connectivity index (χ0) is 14.8. The molecule has 0 aliphatic rings. The molecule has 0 atom stereocenters. The lowest BCUT2D eigenvalue weighted by Crippen LogP contribution is -2.08. The van der Waals surface area contributed by atoms with Crippen molar-refractivity contribution in [2.75, 3.05) is 7.11 Å². The molecule has 0 unspecified atom stereocenters. The van der Waals surface area contributed by atoms with Gasteiger partial charge >= 0.3 is 6.18 Å². The smallest absolute Gasteiger partial charge is 0.377 e. The topological polar surface area (TPSA) is 37.9 Å². The number of rotatable bonds is 3. The van der Waals surface area contributed by atoms with Gasteiger partial charge < -0.3 is 9.72 Å². The van der Waals surface area contributed by atoms with E-state index < -0.39 is 11.7 Å². The third kappa shape index (κ3) is 3.23. The molecule has 2 aromatic rings. The summed E-state index contributed by atoms with van der Waals surface area (Å²) in [5.74, 6) is 0.381. The van der Waals surface area contributed by atoms with Crippen LogP contribution in [-0.4, -0.2) is 17.1 Å². The number of aromatic nitrogens is 2. The summed E-state index contributed by atoms with van der Waals surface area (Å²) in [6, 6.07) is 6.71. The van der Waals surface area contributed by atoms with Crippen molar-refractivity contribution in [1.29, 1.82) is 0 Å². The van der Waals surface area contributed by atoms with E-state index >= 15 is 0 Å². The minimum atomic E-state index is -4.43. The molecule has 0 spiro atoms. The molecule has 3 nitrogen and oxygen atoms in total. The standard InChI is InChI=1S/C13H11F3N2OS/c1-19-7-11-17-10(6-12(20)18-11)8-4-2-3-5-9(8)13(14,15)16/h2-6H,7H2,1H3,(H,17,18,20). The molecule has 0 bridgehead atoms. The number of alkyl halides is 3. The van der Waals surface area contributed by atoms with Crippen LogP contribution in [0.25, 0.3) is 11.3 Å². The minimum absolute atomic E-state index is 0.0332. The van der Waals surface area contributed by atoms with E-state index in [9.17, 15) is 13.2 Å². The van der Waals surface area contributed by atoms with Gasteiger partial charge in [-0.2, -0.15) is 13.2 Å². The van der Waals surface area contributed by atoms with E-state index in [1.54, 1.807) is 0 Å². The number of H-pyrrole nitrogens is 1. The Morgan fingerprint density at radius 2 is 2.00 bits per heavy atom. The first-order valence-electron chi connectivity index (χ1n) is 5.67. The molecular formula is C13H11F3N2OS. The van der Waals surface area contributed by atoms with Gasteiger partial charge in [-0.1, -0.05) is 30.4 Å². The summed E-state index contributed by atoms with van der Waals surface area (Å²) in [5.41, 5.74) is -0.420. The Balaban J connectivity index is 2.60. The van der Waals surface area contributed by atoms with E-state index in [4.69, 9.17) is 17.0 Å². The highest BCUT2D eigenvalue weighted by Gasteiger charge is 2.33. The molecular weight excluding hydrogens is 289 g/mol. The van der Waals surface area contributed by atoms with Crippen molar-refractivity contribution >= 4 is 12.2 Å². The number of ether oxygens (including phenoxy) is 1. The van der Waals surface area contributed by atoms with Crippen molar-refractivity contribution in [3.63, 3.8) is 0 Å². The summed E-state index contributed by atoms with van der Waals surface area (Å²) < 4.78 is 44.1. The van der Waals surface area contributed by atoms with E-state index in [2.05, 4.69) is 9.97 Å². The highest BCUT2D eigenvalue weighted by molar-refractivity contribution is 7.71. The Kier molecular flexibility index (Phi) is 4.20. The number of methoxy groups -OCH3 is 1. The largest absolute Gasteiger partial charge is 0.417 e. The van der Waals surface area contributed by atoms with Gasteiger partial charge in [0.25, 0.3) is 0 Å². The first kappa shape index (κ1) is 14.7. The lowest BCUT2D eigenvalue weighted by Gasteiger charge is -2.13. The number of hydrogen-bond acceptors (Lipinski definition) is 3. The summed E-state index contributed by atoms with van der Waals surface area (Å²) in [6.07, 6.45) is -4.43. The number of aromatic amines is 1. The van der Waals surface area contributed by atoms with Crippen molar-refractivity contribution in [2.24, 2.45) is 0 Å². The van der Waals surface area contributed by atoms with Crippen molar-refractivity contribution in [2.45, 2.75) is 12.8 Å². The van der Waals surface area contributed by atoms with E-state index in [1.807, 2.05) is 0 Å². The Morgan fingerprint density at radius 3 is 2.65 bits per heavy atom. The van der Waals surface area contributed by atoms with Gasteiger partial charge in [0.2, 0.25) is 0 Å². The Labute approximate surface area is 118 Å². The molecule has 1 aromatic heterocycles.